The van der Waals surface area contributed by atoms with Gasteiger partial charge in [0.15, 0.2) is 11.5 Å². The molecule has 6 nitrogen and oxygen atoms in total. The van der Waals surface area contributed by atoms with Crippen LogP contribution in [0.4, 0.5) is 0 Å². The molecule has 1 N–H and O–H groups in total. The second kappa shape index (κ2) is 7.44. The zero-order valence-electron chi connectivity index (χ0n) is 16.9. The molecule has 1 aliphatic carbocycles. The second-order valence-electron chi connectivity index (χ2n) is 9.58. The van der Waals surface area contributed by atoms with Crippen LogP contribution in [-0.4, -0.2) is 67.3 Å². The minimum atomic E-state index is 0. The van der Waals surface area contributed by atoms with E-state index in [-0.39, 0.29) is 30.7 Å². The predicted octanol–water partition coefficient (Wildman–Crippen LogP) is 2.11. The van der Waals surface area contributed by atoms with Crippen LogP contribution >= 0.6 is 24.8 Å². The van der Waals surface area contributed by atoms with Crippen molar-refractivity contribution in [3.05, 3.63) is 23.8 Å². The Morgan fingerprint density at radius 3 is 2.50 bits per heavy atom. The van der Waals surface area contributed by atoms with E-state index in [1.807, 2.05) is 6.07 Å². The van der Waals surface area contributed by atoms with E-state index < -0.39 is 0 Å². The Hall–Kier alpha value is -1.21. The van der Waals surface area contributed by atoms with Crippen molar-refractivity contribution in [2.45, 2.75) is 30.8 Å². The van der Waals surface area contributed by atoms with Crippen LogP contribution < -0.4 is 14.8 Å². The number of rotatable bonds is 2. The molecule has 2 bridgehead atoms. The summed E-state index contributed by atoms with van der Waals surface area (Å²) in [5, 5.41) is 3.43. The first-order chi connectivity index (χ1) is 13.8. The van der Waals surface area contributed by atoms with Gasteiger partial charge in [-0.25, -0.2) is 0 Å². The summed E-state index contributed by atoms with van der Waals surface area (Å²) < 4.78 is 11.2. The number of halogens is 2. The van der Waals surface area contributed by atoms with Crippen molar-refractivity contribution >= 4 is 30.7 Å². The van der Waals surface area contributed by atoms with Gasteiger partial charge in [0.05, 0.1) is 6.04 Å². The van der Waals surface area contributed by atoms with Crippen LogP contribution in [0.2, 0.25) is 0 Å². The average molecular weight is 454 g/mol. The molecular weight excluding hydrogens is 425 g/mol. The maximum atomic E-state index is 13.6. The highest BCUT2D eigenvalue weighted by atomic mass is 35.5. The Kier molecular flexibility index (Phi) is 5.13. The maximum Gasteiger partial charge on any atom is 0.231 e. The number of fused-ring (bicyclic) bond motifs is 4. The Balaban J connectivity index is 0.000000963. The lowest BCUT2D eigenvalue weighted by Gasteiger charge is -2.51. The van der Waals surface area contributed by atoms with Gasteiger partial charge in [0.2, 0.25) is 12.7 Å². The maximum absolute atomic E-state index is 13.6. The minimum absolute atomic E-state index is 0. The lowest BCUT2D eigenvalue weighted by molar-refractivity contribution is -0.138. The van der Waals surface area contributed by atoms with Gasteiger partial charge in [0.1, 0.15) is 0 Å². The zero-order chi connectivity index (χ0) is 18.4. The topological polar surface area (TPSA) is 54.0 Å². The number of amides is 1. The van der Waals surface area contributed by atoms with Crippen molar-refractivity contribution < 1.29 is 14.3 Å². The molecule has 164 valence electrons. The molecule has 6 atom stereocenters. The smallest absolute Gasteiger partial charge is 0.231 e. The third-order valence-electron chi connectivity index (χ3n) is 8.48. The Morgan fingerprint density at radius 1 is 1.00 bits per heavy atom. The van der Waals surface area contributed by atoms with Crippen LogP contribution in [0, 0.1) is 23.7 Å². The van der Waals surface area contributed by atoms with Gasteiger partial charge in [-0.1, -0.05) is 6.07 Å². The van der Waals surface area contributed by atoms with E-state index >= 15 is 0 Å². The summed E-state index contributed by atoms with van der Waals surface area (Å²) >= 11 is 0. The van der Waals surface area contributed by atoms with Crippen LogP contribution in [-0.2, 0) is 4.79 Å². The van der Waals surface area contributed by atoms with Gasteiger partial charge < -0.3 is 19.7 Å². The molecule has 8 rings (SSSR count). The third kappa shape index (κ3) is 2.80. The molecule has 6 fully saturated rings. The molecule has 5 saturated heterocycles. The van der Waals surface area contributed by atoms with Crippen LogP contribution in [0.25, 0.3) is 0 Å². The molecule has 6 heterocycles. The zero-order valence-corrected chi connectivity index (χ0v) is 18.5. The van der Waals surface area contributed by atoms with Crippen LogP contribution in [0.15, 0.2) is 18.2 Å². The van der Waals surface area contributed by atoms with E-state index in [0.29, 0.717) is 48.5 Å². The number of nitrogens with one attached hydrogen (secondary N) is 1. The minimum Gasteiger partial charge on any atom is -0.454 e. The average Bonchev–Trinajstić information content (AvgIpc) is 3.19. The standard InChI is InChI=1S/C22H27N3O3.2ClH/c26-22(19-14-8-23-9-15(14)19)25-10-16(13-1-2-17-18(7-13)28-11-27-17)21-20(25)12-3-5-24(21)6-4-12;;/h1-2,7,12,14-16,19-21,23H,3-6,8-11H2;2*1H/t14-,15+,16-,19?,20+,21+;;/m0../s1. The number of piperidine rings is 4. The molecule has 7 aliphatic rings. The fourth-order valence-electron chi connectivity index (χ4n) is 7.09. The summed E-state index contributed by atoms with van der Waals surface area (Å²) in [6, 6.07) is 7.28. The van der Waals surface area contributed by atoms with Crippen molar-refractivity contribution in [1.82, 2.24) is 15.1 Å². The molecule has 0 spiro atoms. The first kappa shape index (κ1) is 20.7. The lowest BCUT2D eigenvalue weighted by Crippen LogP contribution is -2.61. The summed E-state index contributed by atoms with van der Waals surface area (Å²) in [6.45, 7) is 5.62. The highest BCUT2D eigenvalue weighted by molar-refractivity contribution is 5.85. The molecule has 1 unspecified atom stereocenters. The van der Waals surface area contributed by atoms with Gasteiger partial charge >= 0.3 is 0 Å². The molecule has 0 radical (unpaired) electrons. The van der Waals surface area contributed by atoms with Crippen LogP contribution in [0.5, 0.6) is 11.5 Å². The number of benzene rings is 1. The van der Waals surface area contributed by atoms with Gasteiger partial charge in [0.25, 0.3) is 0 Å². The molecule has 1 amide bonds. The lowest BCUT2D eigenvalue weighted by atomic mass is 9.75. The van der Waals surface area contributed by atoms with Crippen molar-refractivity contribution in [3.63, 3.8) is 0 Å². The van der Waals surface area contributed by atoms with E-state index in [1.54, 1.807) is 0 Å². The van der Waals surface area contributed by atoms with E-state index in [9.17, 15) is 4.79 Å². The van der Waals surface area contributed by atoms with Gasteiger partial charge in [-0.15, -0.1) is 24.8 Å². The molecule has 1 saturated carbocycles. The Morgan fingerprint density at radius 2 is 1.73 bits per heavy atom. The number of likely N-dealkylation sites (tertiary alicyclic amines) is 1. The van der Waals surface area contributed by atoms with E-state index in [0.717, 1.165) is 31.1 Å². The number of hydrogen-bond donors (Lipinski definition) is 1. The van der Waals surface area contributed by atoms with Crippen molar-refractivity contribution in [3.8, 4) is 11.5 Å². The van der Waals surface area contributed by atoms with Crippen LogP contribution in [0.3, 0.4) is 0 Å². The number of carbonyl (C=O) groups is 1. The van der Waals surface area contributed by atoms with Gasteiger partial charge in [-0.3, -0.25) is 9.69 Å². The first-order valence-electron chi connectivity index (χ1n) is 10.9. The van der Waals surface area contributed by atoms with Crippen molar-refractivity contribution in [1.29, 1.82) is 0 Å². The monoisotopic (exact) mass is 453 g/mol. The molecule has 8 heteroatoms. The molecule has 30 heavy (non-hydrogen) atoms. The van der Waals surface area contributed by atoms with Crippen LogP contribution in [0.1, 0.15) is 24.3 Å². The number of carbonyl (C=O) groups excluding carboxylic acids is 1. The quantitative estimate of drug-likeness (QED) is 0.742. The number of nitrogens with zero attached hydrogens (tertiary/aromatic N) is 2. The predicted molar refractivity (Wildman–Crippen MR) is 117 cm³/mol. The fraction of sp³-hybridized carbons (Fsp3) is 0.682. The SMILES string of the molecule is Cl.Cl.O=C(C1[C@H]2CNC[C@@H]12)N1C[C@@H](c2ccc3c(c2)OCO3)[C@@H]2[C@H]1C1CCN2CC1. The number of hydrogen-bond acceptors (Lipinski definition) is 5. The number of ether oxygens (including phenoxy) is 2. The largest absolute Gasteiger partial charge is 0.454 e. The van der Waals surface area contributed by atoms with Gasteiger partial charge in [-0.2, -0.15) is 0 Å². The van der Waals surface area contributed by atoms with Crippen molar-refractivity contribution in [2.75, 3.05) is 39.5 Å². The Labute approximate surface area is 189 Å². The highest BCUT2D eigenvalue weighted by Gasteiger charge is 2.62. The summed E-state index contributed by atoms with van der Waals surface area (Å²) in [4.78, 5) is 18.5. The molecule has 6 aliphatic heterocycles. The van der Waals surface area contributed by atoms with Crippen molar-refractivity contribution in [2.24, 2.45) is 23.7 Å². The summed E-state index contributed by atoms with van der Waals surface area (Å²) in [5.74, 6) is 4.68. The van der Waals surface area contributed by atoms with E-state index in [2.05, 4.69) is 27.2 Å². The Bertz CT molecular complexity index is 837. The normalized spacial score (nSPS) is 41.5. The molecule has 1 aromatic carbocycles. The fourth-order valence-corrected chi connectivity index (χ4v) is 7.09. The highest BCUT2D eigenvalue weighted by Crippen LogP contribution is 2.53. The second-order valence-corrected chi connectivity index (χ2v) is 9.58. The van der Waals surface area contributed by atoms with Gasteiger partial charge in [-0.05, 0) is 74.5 Å². The van der Waals surface area contributed by atoms with Gasteiger partial charge in [0, 0.05) is 24.4 Å². The summed E-state index contributed by atoms with van der Waals surface area (Å²) in [6.07, 6.45) is 2.50. The molecule has 0 aromatic heterocycles. The first-order valence-corrected chi connectivity index (χ1v) is 10.9. The summed E-state index contributed by atoms with van der Waals surface area (Å²) in [5.41, 5.74) is 1.31. The van der Waals surface area contributed by atoms with E-state index in [1.165, 1.54) is 31.5 Å². The third-order valence-corrected chi connectivity index (χ3v) is 8.48. The molecular formula is C22H29Cl2N3O3. The van der Waals surface area contributed by atoms with E-state index in [4.69, 9.17) is 9.47 Å². The summed E-state index contributed by atoms with van der Waals surface area (Å²) in [7, 11) is 0. The molecule has 1 aromatic rings.